The highest BCUT2D eigenvalue weighted by Crippen LogP contribution is 2.18. The van der Waals surface area contributed by atoms with Crippen molar-refractivity contribution in [2.24, 2.45) is 5.84 Å². The van der Waals surface area contributed by atoms with E-state index in [1.54, 1.807) is 12.3 Å². The van der Waals surface area contributed by atoms with Crippen molar-refractivity contribution in [3.8, 4) is 0 Å². The van der Waals surface area contributed by atoms with Crippen LogP contribution in [0.5, 0.6) is 0 Å². The van der Waals surface area contributed by atoms with Crippen LogP contribution in [0, 0.1) is 11.6 Å². The number of hydrogen-bond donors (Lipinski definition) is 2. The first-order chi connectivity index (χ1) is 8.70. The molecule has 3 N–H and O–H groups in total. The summed E-state index contributed by atoms with van der Waals surface area (Å²) in [5.74, 6) is 4.23. The van der Waals surface area contributed by atoms with E-state index >= 15 is 0 Å². The molecule has 18 heavy (non-hydrogen) atoms. The van der Waals surface area contributed by atoms with Gasteiger partial charge in [-0.15, -0.1) is 0 Å². The molecule has 0 fully saturated rings. The topological polar surface area (TPSA) is 63.8 Å². The maximum absolute atomic E-state index is 13.5. The van der Waals surface area contributed by atoms with Crippen molar-refractivity contribution in [3.63, 3.8) is 0 Å². The predicted molar refractivity (Wildman–Crippen MR) is 62.2 cm³/mol. The molecule has 2 aromatic rings. The molecule has 94 valence electrons. The number of hydrazine groups is 1. The summed E-state index contributed by atoms with van der Waals surface area (Å²) >= 11 is 0. The van der Waals surface area contributed by atoms with E-state index in [0.29, 0.717) is 11.3 Å². The molecule has 0 aliphatic rings. The molecule has 0 radical (unpaired) electrons. The highest BCUT2D eigenvalue weighted by molar-refractivity contribution is 5.21. The van der Waals surface area contributed by atoms with Crippen molar-refractivity contribution in [2.75, 3.05) is 0 Å². The Morgan fingerprint density at radius 1 is 1.28 bits per heavy atom. The Morgan fingerprint density at radius 3 is 2.72 bits per heavy atom. The Bertz CT molecular complexity index is 519. The molecular formula is C12H12F2N4. The lowest BCUT2D eigenvalue weighted by Crippen LogP contribution is -2.30. The number of nitrogens with one attached hydrogen (secondary N) is 1. The maximum Gasteiger partial charge on any atom is 0.129 e. The van der Waals surface area contributed by atoms with Crippen LogP contribution in [0.25, 0.3) is 0 Å². The molecule has 0 aliphatic heterocycles. The molecule has 1 aromatic carbocycles. The van der Waals surface area contributed by atoms with Crippen LogP contribution in [-0.4, -0.2) is 9.97 Å². The molecule has 0 amide bonds. The number of halogens is 2. The van der Waals surface area contributed by atoms with E-state index in [-0.39, 0.29) is 12.5 Å². The normalized spacial score (nSPS) is 12.4. The monoisotopic (exact) mass is 250 g/mol. The van der Waals surface area contributed by atoms with Gasteiger partial charge in [-0.05, 0) is 24.1 Å². The molecule has 1 atom stereocenters. The number of hydrogen-bond acceptors (Lipinski definition) is 4. The summed E-state index contributed by atoms with van der Waals surface area (Å²) < 4.78 is 26.3. The molecule has 0 bridgehead atoms. The zero-order chi connectivity index (χ0) is 13.0. The van der Waals surface area contributed by atoms with E-state index in [1.807, 2.05) is 0 Å². The zero-order valence-corrected chi connectivity index (χ0v) is 9.48. The van der Waals surface area contributed by atoms with E-state index in [9.17, 15) is 8.78 Å². The fourth-order valence-electron chi connectivity index (χ4n) is 1.66. The Labute approximate surface area is 103 Å². The van der Waals surface area contributed by atoms with Gasteiger partial charge in [0, 0.05) is 12.3 Å². The van der Waals surface area contributed by atoms with E-state index in [2.05, 4.69) is 15.4 Å². The molecule has 0 saturated heterocycles. The minimum atomic E-state index is -0.601. The van der Waals surface area contributed by atoms with Crippen LogP contribution < -0.4 is 11.3 Å². The van der Waals surface area contributed by atoms with Crippen molar-refractivity contribution < 1.29 is 8.78 Å². The molecule has 2 rings (SSSR count). The molecule has 1 unspecified atom stereocenters. The molecule has 0 spiro atoms. The molecular weight excluding hydrogens is 238 g/mol. The van der Waals surface area contributed by atoms with Crippen LogP contribution in [0.1, 0.15) is 17.3 Å². The fourth-order valence-corrected chi connectivity index (χ4v) is 1.66. The van der Waals surface area contributed by atoms with Gasteiger partial charge in [-0.1, -0.05) is 6.07 Å². The van der Waals surface area contributed by atoms with Gasteiger partial charge in [0.1, 0.15) is 18.0 Å². The molecule has 0 aliphatic carbocycles. The van der Waals surface area contributed by atoms with Gasteiger partial charge in [0.15, 0.2) is 0 Å². The van der Waals surface area contributed by atoms with Crippen LogP contribution in [0.4, 0.5) is 8.78 Å². The third-order valence-corrected chi connectivity index (χ3v) is 2.60. The SMILES string of the molecule is NNC(Cc1ccc(F)cc1F)c1ccncn1. The first-order valence-electron chi connectivity index (χ1n) is 5.36. The Morgan fingerprint density at radius 2 is 2.11 bits per heavy atom. The maximum atomic E-state index is 13.5. The smallest absolute Gasteiger partial charge is 0.129 e. The minimum Gasteiger partial charge on any atom is -0.271 e. The Hall–Kier alpha value is -1.92. The van der Waals surface area contributed by atoms with Crippen LogP contribution in [0.15, 0.2) is 36.8 Å². The lowest BCUT2D eigenvalue weighted by Gasteiger charge is -2.15. The van der Waals surface area contributed by atoms with Crippen molar-refractivity contribution in [2.45, 2.75) is 12.5 Å². The highest BCUT2D eigenvalue weighted by Gasteiger charge is 2.14. The first-order valence-corrected chi connectivity index (χ1v) is 5.36. The second kappa shape index (κ2) is 5.61. The van der Waals surface area contributed by atoms with Gasteiger partial charge in [-0.3, -0.25) is 11.3 Å². The minimum absolute atomic E-state index is 0.277. The van der Waals surface area contributed by atoms with Gasteiger partial charge in [0.25, 0.3) is 0 Å². The summed E-state index contributed by atoms with van der Waals surface area (Å²) in [6, 6.07) is 4.80. The standard InChI is InChI=1S/C12H12F2N4/c13-9-2-1-8(10(14)6-9)5-12(18-15)11-3-4-16-7-17-11/h1-4,6-7,12,18H,5,15H2. The molecule has 0 saturated carbocycles. The van der Waals surface area contributed by atoms with E-state index in [4.69, 9.17) is 5.84 Å². The van der Waals surface area contributed by atoms with Crippen LogP contribution in [-0.2, 0) is 6.42 Å². The first kappa shape index (κ1) is 12.5. The van der Waals surface area contributed by atoms with E-state index in [0.717, 1.165) is 6.07 Å². The third-order valence-electron chi connectivity index (χ3n) is 2.60. The van der Waals surface area contributed by atoms with Gasteiger partial charge in [0.2, 0.25) is 0 Å². The van der Waals surface area contributed by atoms with Gasteiger partial charge in [-0.2, -0.15) is 0 Å². The Kier molecular flexibility index (Phi) is 3.91. The van der Waals surface area contributed by atoms with Gasteiger partial charge >= 0.3 is 0 Å². The predicted octanol–water partition coefficient (Wildman–Crippen LogP) is 1.50. The summed E-state index contributed by atoms with van der Waals surface area (Å²) in [5, 5.41) is 0. The lowest BCUT2D eigenvalue weighted by atomic mass is 10.0. The van der Waals surface area contributed by atoms with Crippen molar-refractivity contribution >= 4 is 0 Å². The summed E-state index contributed by atoms with van der Waals surface area (Å²) in [7, 11) is 0. The average Bonchev–Trinajstić information content (AvgIpc) is 2.39. The molecule has 4 nitrogen and oxygen atoms in total. The fraction of sp³-hybridized carbons (Fsp3) is 0.167. The second-order valence-electron chi connectivity index (χ2n) is 3.79. The number of aromatic nitrogens is 2. The summed E-state index contributed by atoms with van der Waals surface area (Å²) in [5.41, 5.74) is 3.58. The van der Waals surface area contributed by atoms with Gasteiger partial charge in [0.05, 0.1) is 11.7 Å². The zero-order valence-electron chi connectivity index (χ0n) is 9.48. The highest BCUT2D eigenvalue weighted by atomic mass is 19.1. The number of benzene rings is 1. The van der Waals surface area contributed by atoms with Crippen LogP contribution >= 0.6 is 0 Å². The second-order valence-corrected chi connectivity index (χ2v) is 3.79. The summed E-state index contributed by atoms with van der Waals surface area (Å²) in [6.45, 7) is 0. The number of nitrogens with zero attached hydrogens (tertiary/aromatic N) is 2. The lowest BCUT2D eigenvalue weighted by molar-refractivity contribution is 0.512. The Balaban J connectivity index is 2.21. The number of rotatable bonds is 4. The molecule has 1 heterocycles. The summed E-state index contributed by atoms with van der Waals surface area (Å²) in [6.07, 6.45) is 3.24. The molecule has 6 heteroatoms. The quantitative estimate of drug-likeness (QED) is 0.637. The van der Waals surface area contributed by atoms with Gasteiger partial charge < -0.3 is 0 Å². The van der Waals surface area contributed by atoms with Crippen molar-refractivity contribution in [1.29, 1.82) is 0 Å². The van der Waals surface area contributed by atoms with Crippen LogP contribution in [0.2, 0.25) is 0 Å². The third kappa shape index (κ3) is 2.85. The van der Waals surface area contributed by atoms with Gasteiger partial charge in [-0.25, -0.2) is 18.7 Å². The average molecular weight is 250 g/mol. The van der Waals surface area contributed by atoms with E-state index < -0.39 is 11.6 Å². The number of nitrogens with two attached hydrogens (primary N) is 1. The van der Waals surface area contributed by atoms with Crippen molar-refractivity contribution in [1.82, 2.24) is 15.4 Å². The van der Waals surface area contributed by atoms with Crippen molar-refractivity contribution in [3.05, 3.63) is 59.7 Å². The van der Waals surface area contributed by atoms with E-state index in [1.165, 1.54) is 18.5 Å². The summed E-state index contributed by atoms with van der Waals surface area (Å²) in [4.78, 5) is 7.84. The largest absolute Gasteiger partial charge is 0.271 e. The van der Waals surface area contributed by atoms with Crippen LogP contribution in [0.3, 0.4) is 0 Å². The molecule has 1 aromatic heterocycles.